The van der Waals surface area contributed by atoms with E-state index in [4.69, 9.17) is 9.47 Å². The van der Waals surface area contributed by atoms with Crippen LogP contribution in [-0.4, -0.2) is 31.6 Å². The molecule has 1 aromatic rings. The van der Waals surface area contributed by atoms with Gasteiger partial charge in [0.1, 0.15) is 11.8 Å². The molecule has 1 rings (SSSR count). The number of amides is 1. The lowest BCUT2D eigenvalue weighted by Gasteiger charge is -2.12. The van der Waals surface area contributed by atoms with Crippen LogP contribution in [-0.2, 0) is 14.3 Å². The van der Waals surface area contributed by atoms with Crippen molar-refractivity contribution in [3.8, 4) is 5.75 Å². The van der Waals surface area contributed by atoms with Crippen molar-refractivity contribution in [2.45, 2.75) is 33.2 Å². The Bertz CT molecular complexity index is 534. The van der Waals surface area contributed by atoms with Crippen molar-refractivity contribution in [2.24, 2.45) is 5.92 Å². The molecule has 0 heterocycles. The molecule has 0 aliphatic carbocycles. The summed E-state index contributed by atoms with van der Waals surface area (Å²) in [5.74, 6) is 0.468. The summed E-state index contributed by atoms with van der Waals surface area (Å²) in [5.41, 5.74) is 0.869. The van der Waals surface area contributed by atoms with Crippen LogP contribution < -0.4 is 10.1 Å². The highest BCUT2D eigenvalue weighted by Gasteiger charge is 2.15. The van der Waals surface area contributed by atoms with E-state index >= 15 is 0 Å². The fourth-order valence-corrected chi connectivity index (χ4v) is 1.73. The first-order valence-corrected chi connectivity index (χ1v) is 7.71. The van der Waals surface area contributed by atoms with Gasteiger partial charge < -0.3 is 14.8 Å². The number of carbonyl (C=O) groups is 2. The van der Waals surface area contributed by atoms with Gasteiger partial charge in [0.2, 0.25) is 5.91 Å². The van der Waals surface area contributed by atoms with Gasteiger partial charge in [-0.3, -0.25) is 4.79 Å². The van der Waals surface area contributed by atoms with Crippen molar-refractivity contribution < 1.29 is 19.1 Å². The van der Waals surface area contributed by atoms with Gasteiger partial charge in [-0.1, -0.05) is 26.0 Å². The summed E-state index contributed by atoms with van der Waals surface area (Å²) in [6.07, 6.45) is 3.87. The summed E-state index contributed by atoms with van der Waals surface area (Å²) >= 11 is 0. The SMILES string of the molecule is COc1ccc(/C=C/C(=O)N[C@@H](C)C(=O)OCCC(C)C)cc1. The summed E-state index contributed by atoms with van der Waals surface area (Å²) in [4.78, 5) is 23.5. The summed E-state index contributed by atoms with van der Waals surface area (Å²) in [6.45, 7) is 6.10. The van der Waals surface area contributed by atoms with E-state index in [1.165, 1.54) is 6.08 Å². The van der Waals surface area contributed by atoms with Gasteiger partial charge >= 0.3 is 5.97 Å². The monoisotopic (exact) mass is 319 g/mol. The zero-order chi connectivity index (χ0) is 17.2. The normalized spacial score (nSPS) is 12.2. The van der Waals surface area contributed by atoms with E-state index in [1.54, 1.807) is 20.1 Å². The van der Waals surface area contributed by atoms with Crippen LogP contribution in [0.1, 0.15) is 32.8 Å². The number of benzene rings is 1. The molecule has 126 valence electrons. The molecule has 1 amide bonds. The number of hydrogen-bond donors (Lipinski definition) is 1. The largest absolute Gasteiger partial charge is 0.497 e. The third-order valence-electron chi connectivity index (χ3n) is 3.19. The number of esters is 1. The molecule has 0 saturated heterocycles. The maximum atomic E-state index is 11.8. The molecule has 0 aliphatic heterocycles. The molecule has 0 spiro atoms. The molecule has 0 aromatic heterocycles. The van der Waals surface area contributed by atoms with Gasteiger partial charge in [-0.2, -0.15) is 0 Å². The zero-order valence-corrected chi connectivity index (χ0v) is 14.2. The van der Waals surface area contributed by atoms with Crippen LogP contribution in [0.25, 0.3) is 6.08 Å². The van der Waals surface area contributed by atoms with E-state index in [9.17, 15) is 9.59 Å². The predicted octanol–water partition coefficient (Wildman–Crippen LogP) is 2.80. The van der Waals surface area contributed by atoms with E-state index in [1.807, 2.05) is 24.3 Å². The third kappa shape index (κ3) is 7.49. The summed E-state index contributed by atoms with van der Waals surface area (Å²) in [6, 6.07) is 6.63. The number of ether oxygens (including phenoxy) is 2. The lowest BCUT2D eigenvalue weighted by molar-refractivity contribution is -0.147. The van der Waals surface area contributed by atoms with Gasteiger partial charge in [0, 0.05) is 6.08 Å². The lowest BCUT2D eigenvalue weighted by Crippen LogP contribution is -2.38. The van der Waals surface area contributed by atoms with Crippen molar-refractivity contribution in [2.75, 3.05) is 13.7 Å². The summed E-state index contributed by atoms with van der Waals surface area (Å²) < 4.78 is 10.2. The van der Waals surface area contributed by atoms with Crippen molar-refractivity contribution in [3.63, 3.8) is 0 Å². The Hall–Kier alpha value is -2.30. The van der Waals surface area contributed by atoms with Gasteiger partial charge in [0.05, 0.1) is 13.7 Å². The molecule has 0 bridgehead atoms. The Balaban J connectivity index is 2.41. The van der Waals surface area contributed by atoms with Crippen molar-refractivity contribution in [1.82, 2.24) is 5.32 Å². The van der Waals surface area contributed by atoms with Gasteiger partial charge in [-0.05, 0) is 43.0 Å². The number of hydrogen-bond acceptors (Lipinski definition) is 4. The minimum Gasteiger partial charge on any atom is -0.497 e. The second kappa shape index (κ2) is 9.66. The van der Waals surface area contributed by atoms with Crippen LogP contribution in [0.4, 0.5) is 0 Å². The first kappa shape index (κ1) is 18.7. The quantitative estimate of drug-likeness (QED) is 0.591. The second-order valence-corrected chi connectivity index (χ2v) is 5.69. The van der Waals surface area contributed by atoms with Gasteiger partial charge in [-0.15, -0.1) is 0 Å². The van der Waals surface area contributed by atoms with E-state index in [2.05, 4.69) is 19.2 Å². The average molecular weight is 319 g/mol. The molecule has 0 unspecified atom stereocenters. The number of rotatable bonds is 8. The van der Waals surface area contributed by atoms with Crippen LogP contribution in [0.15, 0.2) is 30.3 Å². The molecule has 1 aromatic carbocycles. The molecular weight excluding hydrogens is 294 g/mol. The van der Waals surface area contributed by atoms with E-state index in [-0.39, 0.29) is 5.91 Å². The van der Waals surface area contributed by atoms with E-state index in [0.717, 1.165) is 17.7 Å². The molecule has 5 heteroatoms. The smallest absolute Gasteiger partial charge is 0.328 e. The van der Waals surface area contributed by atoms with Crippen LogP contribution in [0.5, 0.6) is 5.75 Å². The first-order chi connectivity index (χ1) is 10.9. The maximum Gasteiger partial charge on any atom is 0.328 e. The highest BCUT2D eigenvalue weighted by molar-refractivity contribution is 5.94. The molecule has 5 nitrogen and oxygen atoms in total. The van der Waals surface area contributed by atoms with Gasteiger partial charge in [0.25, 0.3) is 0 Å². The highest BCUT2D eigenvalue weighted by atomic mass is 16.5. The molecule has 1 N–H and O–H groups in total. The number of carbonyl (C=O) groups excluding carboxylic acids is 2. The summed E-state index contributed by atoms with van der Waals surface area (Å²) in [7, 11) is 1.60. The third-order valence-corrected chi connectivity index (χ3v) is 3.19. The Morgan fingerprint density at radius 2 is 1.83 bits per heavy atom. The maximum absolute atomic E-state index is 11.8. The van der Waals surface area contributed by atoms with Crippen LogP contribution >= 0.6 is 0 Å². The Kier molecular flexibility index (Phi) is 7.88. The topological polar surface area (TPSA) is 64.6 Å². The molecule has 23 heavy (non-hydrogen) atoms. The summed E-state index contributed by atoms with van der Waals surface area (Å²) in [5, 5.41) is 2.59. The minimum absolute atomic E-state index is 0.339. The van der Waals surface area contributed by atoms with Crippen LogP contribution in [0.3, 0.4) is 0 Å². The molecule has 1 atom stereocenters. The Morgan fingerprint density at radius 3 is 2.39 bits per heavy atom. The fraction of sp³-hybridized carbons (Fsp3) is 0.444. The number of nitrogens with one attached hydrogen (secondary N) is 1. The van der Waals surface area contributed by atoms with E-state index in [0.29, 0.717) is 12.5 Å². The fourth-order valence-electron chi connectivity index (χ4n) is 1.73. The number of methoxy groups -OCH3 is 1. The van der Waals surface area contributed by atoms with Crippen molar-refractivity contribution >= 4 is 18.0 Å². The molecule has 0 saturated carbocycles. The molecule has 0 fully saturated rings. The Morgan fingerprint density at radius 1 is 1.17 bits per heavy atom. The Labute approximate surface area is 137 Å². The molecular formula is C18H25NO4. The second-order valence-electron chi connectivity index (χ2n) is 5.69. The highest BCUT2D eigenvalue weighted by Crippen LogP contribution is 2.12. The zero-order valence-electron chi connectivity index (χ0n) is 14.2. The minimum atomic E-state index is -0.671. The lowest BCUT2D eigenvalue weighted by atomic mass is 10.1. The molecule has 0 radical (unpaired) electrons. The molecule has 0 aliphatic rings. The van der Waals surface area contributed by atoms with Crippen LogP contribution in [0.2, 0.25) is 0 Å². The average Bonchev–Trinajstić information content (AvgIpc) is 2.52. The van der Waals surface area contributed by atoms with Crippen molar-refractivity contribution in [3.05, 3.63) is 35.9 Å². The van der Waals surface area contributed by atoms with E-state index < -0.39 is 12.0 Å². The van der Waals surface area contributed by atoms with Crippen molar-refractivity contribution in [1.29, 1.82) is 0 Å². The van der Waals surface area contributed by atoms with Gasteiger partial charge in [-0.25, -0.2) is 4.79 Å². The van der Waals surface area contributed by atoms with Gasteiger partial charge in [0.15, 0.2) is 0 Å². The predicted molar refractivity (Wildman–Crippen MR) is 90.0 cm³/mol. The van der Waals surface area contributed by atoms with Crippen LogP contribution in [0, 0.1) is 5.92 Å². The first-order valence-electron chi connectivity index (χ1n) is 7.71. The standard InChI is InChI=1S/C18H25NO4/c1-13(2)11-12-23-18(21)14(3)19-17(20)10-7-15-5-8-16(22-4)9-6-15/h5-10,13-14H,11-12H2,1-4H3,(H,19,20)/b10-7+/t14-/m0/s1.